The number of hydrogen-bond acceptors (Lipinski definition) is 5. The Kier molecular flexibility index (Phi) is 5.68. The molecule has 10 heteroatoms. The number of amides is 1. The summed E-state index contributed by atoms with van der Waals surface area (Å²) in [6, 6.07) is 10.2. The van der Waals surface area contributed by atoms with Crippen LogP contribution in [0.15, 0.2) is 58.2 Å². The number of benzene rings is 2. The molecule has 1 amide bonds. The van der Waals surface area contributed by atoms with Gasteiger partial charge in [0, 0.05) is 5.69 Å². The molecule has 5 nitrogen and oxygen atoms in total. The maximum Gasteiger partial charge on any atom is 0.416 e. The van der Waals surface area contributed by atoms with Crippen molar-refractivity contribution in [3.05, 3.63) is 59.9 Å². The molecule has 0 aliphatic heterocycles. The minimum atomic E-state index is -4.51. The highest BCUT2D eigenvalue weighted by Crippen LogP contribution is 2.31. The van der Waals surface area contributed by atoms with Crippen molar-refractivity contribution >= 4 is 23.4 Å². The molecule has 1 aromatic heterocycles. The molecule has 146 valence electrons. The molecule has 2 aromatic carbocycles. The van der Waals surface area contributed by atoms with Gasteiger partial charge < -0.3 is 9.73 Å². The van der Waals surface area contributed by atoms with Crippen LogP contribution in [0.1, 0.15) is 12.5 Å². The van der Waals surface area contributed by atoms with Gasteiger partial charge in [0.2, 0.25) is 5.91 Å². The van der Waals surface area contributed by atoms with Crippen molar-refractivity contribution in [3.8, 4) is 11.5 Å². The van der Waals surface area contributed by atoms with E-state index in [4.69, 9.17) is 4.42 Å². The average molecular weight is 411 g/mol. The topological polar surface area (TPSA) is 68.0 Å². The van der Waals surface area contributed by atoms with Gasteiger partial charge in [0.1, 0.15) is 5.82 Å². The van der Waals surface area contributed by atoms with E-state index >= 15 is 0 Å². The second-order valence-corrected chi connectivity index (χ2v) is 6.97. The molecule has 0 radical (unpaired) electrons. The molecule has 0 aliphatic rings. The van der Waals surface area contributed by atoms with E-state index in [0.717, 1.165) is 23.9 Å². The third kappa shape index (κ3) is 4.69. The van der Waals surface area contributed by atoms with Crippen LogP contribution >= 0.6 is 11.8 Å². The molecule has 3 rings (SSSR count). The summed E-state index contributed by atoms with van der Waals surface area (Å²) in [6.45, 7) is 1.53. The van der Waals surface area contributed by atoms with Gasteiger partial charge in [-0.15, -0.1) is 10.2 Å². The number of nitrogens with zero attached hydrogens (tertiary/aromatic N) is 2. The Labute approximate surface area is 161 Å². The number of thioether (sulfide) groups is 1. The lowest BCUT2D eigenvalue weighted by Gasteiger charge is -2.12. The van der Waals surface area contributed by atoms with E-state index in [2.05, 4.69) is 15.5 Å². The van der Waals surface area contributed by atoms with E-state index in [1.54, 1.807) is 6.07 Å². The van der Waals surface area contributed by atoms with Gasteiger partial charge in [-0.3, -0.25) is 4.79 Å². The SMILES string of the molecule is C[C@@H](Sc1nnc(-c2ccccc2F)o1)C(=O)Nc1cccc(C(F)(F)F)c1. The first-order valence-electron chi connectivity index (χ1n) is 7.97. The third-order valence-electron chi connectivity index (χ3n) is 3.61. The molecule has 0 spiro atoms. The zero-order valence-corrected chi connectivity index (χ0v) is 15.1. The first-order chi connectivity index (χ1) is 13.2. The summed E-state index contributed by atoms with van der Waals surface area (Å²) in [4.78, 5) is 12.2. The van der Waals surface area contributed by atoms with Crippen molar-refractivity contribution in [2.24, 2.45) is 0 Å². The van der Waals surface area contributed by atoms with Crippen LogP contribution in [0.2, 0.25) is 0 Å². The van der Waals surface area contributed by atoms with Crippen LogP contribution in [-0.2, 0) is 11.0 Å². The Balaban J connectivity index is 1.66. The standard InChI is InChI=1S/C18H13F4N3O2S/c1-10(15(26)23-12-6-4-5-11(9-12)18(20,21)22)28-17-25-24-16(27-17)13-7-2-3-8-14(13)19/h2-10H,1H3,(H,23,26)/t10-/m1/s1. The van der Waals surface area contributed by atoms with E-state index in [1.807, 2.05) is 0 Å². The van der Waals surface area contributed by atoms with Crippen molar-refractivity contribution < 1.29 is 26.8 Å². The lowest BCUT2D eigenvalue weighted by Crippen LogP contribution is -2.22. The van der Waals surface area contributed by atoms with Crippen LogP contribution in [-0.4, -0.2) is 21.4 Å². The van der Waals surface area contributed by atoms with Gasteiger partial charge in [-0.25, -0.2) is 4.39 Å². The molecule has 0 fully saturated rings. The number of hydrogen-bond donors (Lipinski definition) is 1. The normalized spacial score (nSPS) is 12.6. The number of nitrogens with one attached hydrogen (secondary N) is 1. The quantitative estimate of drug-likeness (QED) is 0.472. The predicted octanol–water partition coefficient (Wildman–Crippen LogP) is 5.01. The van der Waals surface area contributed by atoms with E-state index in [0.29, 0.717) is 0 Å². The molecule has 3 aromatic rings. The lowest BCUT2D eigenvalue weighted by atomic mass is 10.2. The number of carbonyl (C=O) groups excluding carboxylic acids is 1. The second kappa shape index (κ2) is 8.01. The van der Waals surface area contributed by atoms with Crippen LogP contribution in [0.3, 0.4) is 0 Å². The van der Waals surface area contributed by atoms with E-state index in [9.17, 15) is 22.4 Å². The smallest absolute Gasteiger partial charge is 0.411 e. The van der Waals surface area contributed by atoms with Crippen molar-refractivity contribution in [3.63, 3.8) is 0 Å². The highest BCUT2D eigenvalue weighted by atomic mass is 32.2. The molecule has 1 N–H and O–H groups in total. The number of halogens is 4. The van der Waals surface area contributed by atoms with Crippen molar-refractivity contribution in [2.45, 2.75) is 23.6 Å². The summed E-state index contributed by atoms with van der Waals surface area (Å²) in [6.07, 6.45) is -4.51. The molecule has 0 bridgehead atoms. The number of anilines is 1. The summed E-state index contributed by atoms with van der Waals surface area (Å²) in [5, 5.41) is 9.21. The van der Waals surface area contributed by atoms with Crippen LogP contribution in [0, 0.1) is 5.82 Å². The molecule has 0 unspecified atom stereocenters. The highest BCUT2D eigenvalue weighted by Gasteiger charge is 2.30. The zero-order chi connectivity index (χ0) is 20.3. The average Bonchev–Trinajstić information content (AvgIpc) is 3.09. The summed E-state index contributed by atoms with van der Waals surface area (Å²) < 4.78 is 57.4. The monoisotopic (exact) mass is 411 g/mol. The maximum atomic E-state index is 13.8. The predicted molar refractivity (Wildman–Crippen MR) is 95.1 cm³/mol. The molecule has 1 heterocycles. The highest BCUT2D eigenvalue weighted by molar-refractivity contribution is 8.00. The van der Waals surface area contributed by atoms with Crippen molar-refractivity contribution in [1.29, 1.82) is 0 Å². The number of aromatic nitrogens is 2. The number of carbonyl (C=O) groups is 1. The minimum absolute atomic E-state index is 0.0184. The summed E-state index contributed by atoms with van der Waals surface area (Å²) in [5.41, 5.74) is -0.718. The number of alkyl halides is 3. The van der Waals surface area contributed by atoms with Crippen molar-refractivity contribution in [1.82, 2.24) is 10.2 Å². The molecule has 28 heavy (non-hydrogen) atoms. The van der Waals surface area contributed by atoms with E-state index in [-0.39, 0.29) is 22.4 Å². The second-order valence-electron chi connectivity index (χ2n) is 5.68. The van der Waals surface area contributed by atoms with Crippen molar-refractivity contribution in [2.75, 3.05) is 5.32 Å². The fourth-order valence-corrected chi connectivity index (χ4v) is 2.91. The molecule has 0 saturated heterocycles. The molecule has 1 atom stereocenters. The van der Waals surface area contributed by atoms with Gasteiger partial charge in [-0.05, 0) is 37.3 Å². The summed E-state index contributed by atoms with van der Waals surface area (Å²) in [5.74, 6) is -1.11. The Morgan fingerprint density at radius 1 is 1.14 bits per heavy atom. The Morgan fingerprint density at radius 2 is 1.89 bits per heavy atom. The van der Waals surface area contributed by atoms with Crippen LogP contribution < -0.4 is 5.32 Å². The first-order valence-corrected chi connectivity index (χ1v) is 8.85. The largest absolute Gasteiger partial charge is 0.416 e. The fraction of sp³-hybridized carbons (Fsp3) is 0.167. The Hall–Kier alpha value is -2.88. The van der Waals surface area contributed by atoms with Crippen LogP contribution in [0.25, 0.3) is 11.5 Å². The maximum absolute atomic E-state index is 13.8. The van der Waals surface area contributed by atoms with Crippen LogP contribution in [0.4, 0.5) is 23.2 Å². The first kappa shape index (κ1) is 19.9. The van der Waals surface area contributed by atoms with Gasteiger partial charge in [-0.2, -0.15) is 13.2 Å². The molecular weight excluding hydrogens is 398 g/mol. The minimum Gasteiger partial charge on any atom is -0.411 e. The Morgan fingerprint density at radius 3 is 2.61 bits per heavy atom. The molecule has 0 aliphatic carbocycles. The zero-order valence-electron chi connectivity index (χ0n) is 14.3. The summed E-state index contributed by atoms with van der Waals surface area (Å²) >= 11 is 0.905. The Bertz CT molecular complexity index is 991. The van der Waals surface area contributed by atoms with E-state index < -0.39 is 28.7 Å². The van der Waals surface area contributed by atoms with Gasteiger partial charge >= 0.3 is 6.18 Å². The molecular formula is C18H13F4N3O2S. The van der Waals surface area contributed by atoms with Crippen LogP contribution in [0.5, 0.6) is 0 Å². The molecule has 0 saturated carbocycles. The van der Waals surface area contributed by atoms with Gasteiger partial charge in [0.15, 0.2) is 0 Å². The third-order valence-corrected chi connectivity index (χ3v) is 4.55. The van der Waals surface area contributed by atoms with E-state index in [1.165, 1.54) is 37.3 Å². The number of rotatable bonds is 5. The fourth-order valence-electron chi connectivity index (χ4n) is 2.22. The summed E-state index contributed by atoms with van der Waals surface area (Å²) in [7, 11) is 0. The lowest BCUT2D eigenvalue weighted by molar-refractivity contribution is -0.137. The van der Waals surface area contributed by atoms with Gasteiger partial charge in [0.25, 0.3) is 11.1 Å². The van der Waals surface area contributed by atoms with Gasteiger partial charge in [-0.1, -0.05) is 30.0 Å². The van der Waals surface area contributed by atoms with Gasteiger partial charge in [0.05, 0.1) is 16.4 Å².